The van der Waals surface area contributed by atoms with E-state index in [1.54, 1.807) is 13.3 Å². The Morgan fingerprint density at radius 2 is 1.76 bits per heavy atom. The average Bonchev–Trinajstić information content (AvgIpc) is 3.15. The Labute approximate surface area is 172 Å². The van der Waals surface area contributed by atoms with E-state index < -0.39 is 0 Å². The molecule has 1 aliphatic rings. The van der Waals surface area contributed by atoms with Gasteiger partial charge in [-0.2, -0.15) is 5.10 Å². The zero-order valence-corrected chi connectivity index (χ0v) is 17.5. The molecular formula is C23H29N3O3. The van der Waals surface area contributed by atoms with Gasteiger partial charge in [-0.15, -0.1) is 0 Å². The smallest absolute Gasteiger partial charge is 0.258 e. The summed E-state index contributed by atoms with van der Waals surface area (Å²) in [6.07, 6.45) is 3.85. The minimum absolute atomic E-state index is 0. The summed E-state index contributed by atoms with van der Waals surface area (Å²) in [5, 5.41) is 4.20. The predicted octanol–water partition coefficient (Wildman–Crippen LogP) is 3.89. The van der Waals surface area contributed by atoms with Gasteiger partial charge in [-0.05, 0) is 53.9 Å². The second kappa shape index (κ2) is 9.89. The number of anilines is 1. The van der Waals surface area contributed by atoms with Crippen molar-refractivity contribution in [2.45, 2.75) is 26.7 Å². The molecule has 4 rings (SSSR count). The SMILES string of the molecule is CCC.COc1ccc2c(c1)CCN(c1ccc(-c3ccnn3C)cc1)C2=O.O. The fourth-order valence-corrected chi connectivity index (χ4v) is 3.31. The van der Waals surface area contributed by atoms with Crippen molar-refractivity contribution in [1.29, 1.82) is 0 Å². The Kier molecular flexibility index (Phi) is 7.56. The molecule has 1 amide bonds. The average molecular weight is 396 g/mol. The van der Waals surface area contributed by atoms with E-state index in [0.29, 0.717) is 6.54 Å². The van der Waals surface area contributed by atoms with E-state index in [2.05, 4.69) is 18.9 Å². The molecule has 0 saturated heterocycles. The second-order valence-electron chi connectivity index (χ2n) is 6.82. The number of benzene rings is 2. The molecule has 154 valence electrons. The number of carbonyl (C=O) groups excluding carboxylic acids is 1. The van der Waals surface area contributed by atoms with Crippen LogP contribution < -0.4 is 9.64 Å². The first-order chi connectivity index (χ1) is 13.6. The van der Waals surface area contributed by atoms with Crippen molar-refractivity contribution in [3.63, 3.8) is 0 Å². The number of nitrogens with zero attached hydrogens (tertiary/aromatic N) is 3. The van der Waals surface area contributed by atoms with E-state index >= 15 is 0 Å². The van der Waals surface area contributed by atoms with E-state index in [9.17, 15) is 4.79 Å². The summed E-state index contributed by atoms with van der Waals surface area (Å²) in [5.41, 5.74) is 4.85. The number of aromatic nitrogens is 2. The van der Waals surface area contributed by atoms with Gasteiger partial charge in [0, 0.05) is 31.0 Å². The van der Waals surface area contributed by atoms with Gasteiger partial charge in [0.15, 0.2) is 0 Å². The van der Waals surface area contributed by atoms with Gasteiger partial charge in [0.25, 0.3) is 5.91 Å². The third-order valence-electron chi connectivity index (χ3n) is 4.69. The van der Waals surface area contributed by atoms with Gasteiger partial charge >= 0.3 is 0 Å². The number of amides is 1. The number of carbonyl (C=O) groups is 1. The second-order valence-corrected chi connectivity index (χ2v) is 6.82. The van der Waals surface area contributed by atoms with Crippen LogP contribution in [0.3, 0.4) is 0 Å². The van der Waals surface area contributed by atoms with Crippen LogP contribution in [0.25, 0.3) is 11.3 Å². The summed E-state index contributed by atoms with van der Waals surface area (Å²) in [7, 11) is 3.56. The number of rotatable bonds is 3. The largest absolute Gasteiger partial charge is 0.497 e. The monoisotopic (exact) mass is 395 g/mol. The normalized spacial score (nSPS) is 12.4. The lowest BCUT2D eigenvalue weighted by atomic mass is 9.98. The molecule has 0 aliphatic carbocycles. The van der Waals surface area contributed by atoms with E-state index in [0.717, 1.165) is 40.2 Å². The van der Waals surface area contributed by atoms with Gasteiger partial charge in [0.2, 0.25) is 0 Å². The molecule has 0 spiro atoms. The lowest BCUT2D eigenvalue weighted by molar-refractivity contribution is 0.0980. The standard InChI is InChI=1S/C20H19N3O2.C3H8.H2O/c1-22-19(9-11-21-22)14-3-5-16(6-4-14)23-12-10-15-13-17(25-2)7-8-18(15)20(23)24;1-3-2;/h3-9,11,13H,10,12H2,1-2H3;3H2,1-2H3;1H2. The van der Waals surface area contributed by atoms with E-state index in [1.807, 2.05) is 65.2 Å². The number of ether oxygens (including phenoxy) is 1. The number of methoxy groups -OCH3 is 1. The zero-order valence-electron chi connectivity index (χ0n) is 17.5. The quantitative estimate of drug-likeness (QED) is 0.675. The molecule has 0 atom stereocenters. The Balaban J connectivity index is 0.000000708. The molecule has 1 aliphatic heterocycles. The number of fused-ring (bicyclic) bond motifs is 1. The minimum Gasteiger partial charge on any atom is -0.497 e. The van der Waals surface area contributed by atoms with Crippen LogP contribution in [-0.4, -0.2) is 34.8 Å². The van der Waals surface area contributed by atoms with Crippen LogP contribution in [-0.2, 0) is 13.5 Å². The molecular weight excluding hydrogens is 366 g/mol. The van der Waals surface area contributed by atoms with Crippen LogP contribution >= 0.6 is 0 Å². The number of aryl methyl sites for hydroxylation is 1. The molecule has 29 heavy (non-hydrogen) atoms. The Morgan fingerprint density at radius 1 is 1.07 bits per heavy atom. The van der Waals surface area contributed by atoms with Crippen LogP contribution in [0.5, 0.6) is 5.75 Å². The molecule has 0 unspecified atom stereocenters. The highest BCUT2D eigenvalue weighted by Gasteiger charge is 2.25. The van der Waals surface area contributed by atoms with Gasteiger partial charge < -0.3 is 15.1 Å². The maximum atomic E-state index is 12.9. The number of hydrogen-bond acceptors (Lipinski definition) is 3. The van der Waals surface area contributed by atoms with Crippen molar-refractivity contribution in [3.8, 4) is 17.0 Å². The lowest BCUT2D eigenvalue weighted by Crippen LogP contribution is -2.37. The van der Waals surface area contributed by atoms with Crippen LogP contribution in [0.15, 0.2) is 54.7 Å². The van der Waals surface area contributed by atoms with E-state index in [-0.39, 0.29) is 11.4 Å². The highest BCUT2D eigenvalue weighted by molar-refractivity contribution is 6.08. The molecule has 0 bridgehead atoms. The molecule has 0 saturated carbocycles. The molecule has 6 heteroatoms. The summed E-state index contributed by atoms with van der Waals surface area (Å²) in [5.74, 6) is 0.831. The first-order valence-corrected chi connectivity index (χ1v) is 9.66. The van der Waals surface area contributed by atoms with Crippen LogP contribution in [0.1, 0.15) is 36.2 Å². The Bertz CT molecular complexity index is 948. The van der Waals surface area contributed by atoms with Crippen LogP contribution in [0, 0.1) is 0 Å². The van der Waals surface area contributed by atoms with Crippen molar-refractivity contribution < 1.29 is 15.0 Å². The maximum Gasteiger partial charge on any atom is 0.258 e. The van der Waals surface area contributed by atoms with Crippen LogP contribution in [0.2, 0.25) is 0 Å². The van der Waals surface area contributed by atoms with Crippen molar-refractivity contribution in [3.05, 3.63) is 65.9 Å². The zero-order chi connectivity index (χ0) is 20.1. The highest BCUT2D eigenvalue weighted by Crippen LogP contribution is 2.29. The van der Waals surface area contributed by atoms with Gasteiger partial charge in [-0.1, -0.05) is 32.4 Å². The maximum absolute atomic E-state index is 12.9. The molecule has 0 radical (unpaired) electrons. The van der Waals surface area contributed by atoms with Crippen molar-refractivity contribution in [2.24, 2.45) is 7.05 Å². The molecule has 2 N–H and O–H groups in total. The van der Waals surface area contributed by atoms with Gasteiger partial charge in [0.05, 0.1) is 12.8 Å². The highest BCUT2D eigenvalue weighted by atomic mass is 16.5. The third-order valence-corrected chi connectivity index (χ3v) is 4.69. The summed E-state index contributed by atoms with van der Waals surface area (Å²) < 4.78 is 7.09. The van der Waals surface area contributed by atoms with Crippen molar-refractivity contribution in [1.82, 2.24) is 9.78 Å². The van der Waals surface area contributed by atoms with Gasteiger partial charge in [-0.25, -0.2) is 0 Å². The van der Waals surface area contributed by atoms with E-state index in [1.165, 1.54) is 6.42 Å². The molecule has 2 heterocycles. The number of hydrogen-bond donors (Lipinski definition) is 0. The minimum atomic E-state index is 0. The summed E-state index contributed by atoms with van der Waals surface area (Å²) >= 11 is 0. The topological polar surface area (TPSA) is 78.9 Å². The van der Waals surface area contributed by atoms with Crippen LogP contribution in [0.4, 0.5) is 5.69 Å². The van der Waals surface area contributed by atoms with Crippen molar-refractivity contribution >= 4 is 11.6 Å². The van der Waals surface area contributed by atoms with E-state index in [4.69, 9.17) is 4.74 Å². The summed E-state index contributed by atoms with van der Waals surface area (Å²) in [4.78, 5) is 14.7. The summed E-state index contributed by atoms with van der Waals surface area (Å²) in [6, 6.07) is 15.7. The predicted molar refractivity (Wildman–Crippen MR) is 117 cm³/mol. The fourth-order valence-electron chi connectivity index (χ4n) is 3.31. The first-order valence-electron chi connectivity index (χ1n) is 9.66. The fraction of sp³-hybridized carbons (Fsp3) is 0.304. The van der Waals surface area contributed by atoms with Gasteiger partial charge in [0.1, 0.15) is 5.75 Å². The Hall–Kier alpha value is -3.12. The molecule has 1 aromatic heterocycles. The van der Waals surface area contributed by atoms with Gasteiger partial charge in [-0.3, -0.25) is 9.48 Å². The molecule has 0 fully saturated rings. The molecule has 6 nitrogen and oxygen atoms in total. The summed E-state index contributed by atoms with van der Waals surface area (Å²) in [6.45, 7) is 4.92. The third kappa shape index (κ3) is 4.66. The molecule has 2 aromatic carbocycles. The molecule has 3 aromatic rings. The lowest BCUT2D eigenvalue weighted by Gasteiger charge is -2.29. The van der Waals surface area contributed by atoms with Crippen molar-refractivity contribution in [2.75, 3.05) is 18.6 Å². The Morgan fingerprint density at radius 3 is 2.34 bits per heavy atom. The first kappa shape index (κ1) is 22.2.